The van der Waals surface area contributed by atoms with Gasteiger partial charge in [-0.25, -0.2) is 4.79 Å². The third-order valence-electron chi connectivity index (χ3n) is 3.22. The summed E-state index contributed by atoms with van der Waals surface area (Å²) in [6, 6.07) is 2.09. The Hall–Kier alpha value is -1.08. The van der Waals surface area contributed by atoms with Gasteiger partial charge in [0.25, 0.3) is 0 Å². The molecule has 0 amide bonds. The minimum absolute atomic E-state index is 0.347. The Morgan fingerprint density at radius 1 is 1.05 bits per heavy atom. The molecule has 0 radical (unpaired) electrons. The van der Waals surface area contributed by atoms with Gasteiger partial charge in [-0.1, -0.05) is 36.2 Å². The topological polar surface area (TPSA) is 35.5 Å². The monoisotopic (exact) mass is 298 g/mol. The maximum atomic E-state index is 11.2. The minimum atomic E-state index is -1.74. The minimum Gasteiger partial charge on any atom is -0.438 e. The van der Waals surface area contributed by atoms with Crippen LogP contribution in [0, 0.1) is 0 Å². The number of carbonyl (C=O) groups is 1. The van der Waals surface area contributed by atoms with E-state index in [0.717, 1.165) is 12.1 Å². The van der Waals surface area contributed by atoms with Gasteiger partial charge in [-0.05, 0) is 13.0 Å². The Labute approximate surface area is 119 Å². The molecule has 0 aliphatic heterocycles. The van der Waals surface area contributed by atoms with Crippen LogP contribution in [-0.4, -0.2) is 35.1 Å². The standard InChI is InChI=1S/C14H26O3Si2/c1-7-16-14(15)17-13-18(5,6)11-12-19(8-2,9-3)10-4/h8-10H,2-4,7,11-13H2,1,5-6H3. The van der Waals surface area contributed by atoms with Crippen LogP contribution in [0.3, 0.4) is 0 Å². The van der Waals surface area contributed by atoms with Gasteiger partial charge in [0.1, 0.15) is 8.07 Å². The van der Waals surface area contributed by atoms with Crippen LogP contribution in [0.15, 0.2) is 36.8 Å². The third kappa shape index (κ3) is 6.59. The Bertz CT molecular complexity index is 316. The maximum absolute atomic E-state index is 11.2. The van der Waals surface area contributed by atoms with Gasteiger partial charge in [-0.3, -0.25) is 0 Å². The first kappa shape index (κ1) is 17.9. The Balaban J connectivity index is 4.36. The highest BCUT2D eigenvalue weighted by Crippen LogP contribution is 2.23. The van der Waals surface area contributed by atoms with E-state index >= 15 is 0 Å². The number of rotatable bonds is 9. The predicted octanol–water partition coefficient (Wildman–Crippen LogP) is 4.03. The molecule has 0 heterocycles. The molecule has 0 aromatic heterocycles. The molecule has 19 heavy (non-hydrogen) atoms. The van der Waals surface area contributed by atoms with Crippen LogP contribution >= 0.6 is 0 Å². The average molecular weight is 299 g/mol. The molecule has 0 rings (SSSR count). The van der Waals surface area contributed by atoms with Gasteiger partial charge in [-0.15, -0.1) is 19.7 Å². The van der Waals surface area contributed by atoms with Crippen molar-refractivity contribution in [3.63, 3.8) is 0 Å². The summed E-state index contributed by atoms with van der Waals surface area (Å²) in [7, 11) is -3.33. The van der Waals surface area contributed by atoms with E-state index in [4.69, 9.17) is 9.47 Å². The largest absolute Gasteiger partial charge is 0.507 e. The summed E-state index contributed by atoms with van der Waals surface area (Å²) >= 11 is 0. The first-order valence-electron chi connectivity index (χ1n) is 6.55. The van der Waals surface area contributed by atoms with Crippen molar-refractivity contribution in [3.8, 4) is 0 Å². The Kier molecular flexibility index (Phi) is 7.70. The second kappa shape index (κ2) is 8.17. The molecule has 0 N–H and O–H groups in total. The maximum Gasteiger partial charge on any atom is 0.507 e. The molecule has 108 valence electrons. The van der Waals surface area contributed by atoms with E-state index in [2.05, 4.69) is 32.8 Å². The molecule has 0 fully saturated rings. The van der Waals surface area contributed by atoms with Gasteiger partial charge in [-0.2, -0.15) is 0 Å². The molecule has 0 aromatic rings. The second-order valence-electron chi connectivity index (χ2n) is 5.36. The Morgan fingerprint density at radius 3 is 2.00 bits per heavy atom. The Morgan fingerprint density at radius 2 is 1.58 bits per heavy atom. The van der Waals surface area contributed by atoms with Crippen molar-refractivity contribution in [1.82, 2.24) is 0 Å². The molecule has 0 saturated heterocycles. The van der Waals surface area contributed by atoms with E-state index < -0.39 is 22.3 Å². The van der Waals surface area contributed by atoms with Crippen LogP contribution in [0.2, 0.25) is 25.2 Å². The van der Waals surface area contributed by atoms with E-state index in [1.54, 1.807) is 6.92 Å². The van der Waals surface area contributed by atoms with Gasteiger partial charge in [0.15, 0.2) is 0 Å². The van der Waals surface area contributed by atoms with Gasteiger partial charge >= 0.3 is 6.16 Å². The van der Waals surface area contributed by atoms with Crippen LogP contribution < -0.4 is 0 Å². The number of hydrogen-bond acceptors (Lipinski definition) is 3. The summed E-state index contributed by atoms with van der Waals surface area (Å²) in [4.78, 5) is 11.2. The number of ether oxygens (including phenoxy) is 2. The molecule has 0 spiro atoms. The highest BCUT2D eigenvalue weighted by Gasteiger charge is 2.29. The van der Waals surface area contributed by atoms with Crippen LogP contribution in [0.25, 0.3) is 0 Å². The van der Waals surface area contributed by atoms with Crippen LogP contribution in [0.4, 0.5) is 4.79 Å². The fraction of sp³-hybridized carbons (Fsp3) is 0.500. The zero-order valence-electron chi connectivity index (χ0n) is 12.4. The summed E-state index contributed by atoms with van der Waals surface area (Å²) in [6.45, 7) is 18.2. The molecule has 3 nitrogen and oxygen atoms in total. The van der Waals surface area contributed by atoms with Crippen molar-refractivity contribution in [2.24, 2.45) is 0 Å². The van der Waals surface area contributed by atoms with Crippen LogP contribution in [0.1, 0.15) is 6.92 Å². The van der Waals surface area contributed by atoms with E-state index in [-0.39, 0.29) is 0 Å². The molecule has 0 aliphatic rings. The number of carbonyl (C=O) groups excluding carboxylic acids is 1. The lowest BCUT2D eigenvalue weighted by Crippen LogP contribution is -2.38. The summed E-state index contributed by atoms with van der Waals surface area (Å²) in [5, 5.41) is 0. The zero-order chi connectivity index (χ0) is 14.9. The molecule has 0 aliphatic carbocycles. The highest BCUT2D eigenvalue weighted by atomic mass is 28.3. The molecule has 0 saturated carbocycles. The molecule has 0 bridgehead atoms. The molecular formula is C14H26O3Si2. The third-order valence-corrected chi connectivity index (χ3v) is 9.64. The lowest BCUT2D eigenvalue weighted by atomic mass is 10.9. The van der Waals surface area contributed by atoms with Crippen LogP contribution in [0.5, 0.6) is 0 Å². The van der Waals surface area contributed by atoms with Crippen LogP contribution in [-0.2, 0) is 9.47 Å². The first-order chi connectivity index (χ1) is 8.84. The first-order valence-corrected chi connectivity index (χ1v) is 12.4. The summed E-state index contributed by atoms with van der Waals surface area (Å²) in [6.07, 6.45) is -0.0791. The van der Waals surface area contributed by atoms with Crippen molar-refractivity contribution < 1.29 is 14.3 Å². The zero-order valence-corrected chi connectivity index (χ0v) is 14.4. The van der Waals surface area contributed by atoms with Gasteiger partial charge in [0.2, 0.25) is 0 Å². The van der Waals surface area contributed by atoms with Gasteiger partial charge in [0.05, 0.1) is 20.9 Å². The van der Waals surface area contributed by atoms with E-state index in [0.29, 0.717) is 12.8 Å². The fourth-order valence-corrected chi connectivity index (χ4v) is 7.80. The number of hydrogen-bond donors (Lipinski definition) is 0. The lowest BCUT2D eigenvalue weighted by Gasteiger charge is -2.26. The summed E-state index contributed by atoms with van der Waals surface area (Å²) in [5.41, 5.74) is 6.01. The van der Waals surface area contributed by atoms with Gasteiger partial charge < -0.3 is 9.47 Å². The van der Waals surface area contributed by atoms with Crippen molar-refractivity contribution in [2.75, 3.05) is 12.8 Å². The molecule has 5 heteroatoms. The smallest absolute Gasteiger partial charge is 0.438 e. The SMILES string of the molecule is C=C[Si](C=C)(C=C)CC[Si](C)(C)COC(=O)OCC. The molecule has 0 aromatic carbocycles. The van der Waals surface area contributed by atoms with E-state index in [1.165, 1.54) is 0 Å². The highest BCUT2D eigenvalue weighted by molar-refractivity contribution is 6.94. The second-order valence-corrected chi connectivity index (χ2v) is 14.4. The van der Waals surface area contributed by atoms with E-state index in [1.807, 2.05) is 17.1 Å². The van der Waals surface area contributed by atoms with Crippen molar-refractivity contribution in [3.05, 3.63) is 36.8 Å². The summed E-state index contributed by atoms with van der Waals surface area (Å²) < 4.78 is 9.92. The van der Waals surface area contributed by atoms with Crippen molar-refractivity contribution in [2.45, 2.75) is 32.1 Å². The van der Waals surface area contributed by atoms with Gasteiger partial charge in [0, 0.05) is 0 Å². The lowest BCUT2D eigenvalue weighted by molar-refractivity contribution is 0.0702. The molecule has 0 unspecified atom stereocenters. The molecule has 0 atom stereocenters. The normalized spacial score (nSPS) is 11.5. The summed E-state index contributed by atoms with van der Waals surface area (Å²) in [5.74, 6) is 0. The van der Waals surface area contributed by atoms with Crippen molar-refractivity contribution >= 4 is 22.3 Å². The quantitative estimate of drug-likeness (QED) is 0.476. The fourth-order valence-electron chi connectivity index (χ4n) is 1.60. The van der Waals surface area contributed by atoms with Crippen molar-refractivity contribution in [1.29, 1.82) is 0 Å². The average Bonchev–Trinajstić information content (AvgIpc) is 2.39. The predicted molar refractivity (Wildman–Crippen MR) is 86.4 cm³/mol. The molecular weight excluding hydrogens is 272 g/mol. The van der Waals surface area contributed by atoms with E-state index in [9.17, 15) is 4.79 Å².